The molecule has 11 heteroatoms. The lowest BCUT2D eigenvalue weighted by molar-refractivity contribution is -0.127. The molecule has 0 unspecified atom stereocenters. The van der Waals surface area contributed by atoms with Crippen LogP contribution >= 0.6 is 0 Å². The largest absolute Gasteiger partial charge is 0.449 e. The molecule has 1 fully saturated rings. The summed E-state index contributed by atoms with van der Waals surface area (Å²) in [7, 11) is 0. The van der Waals surface area contributed by atoms with Gasteiger partial charge in [0.2, 0.25) is 0 Å². The summed E-state index contributed by atoms with van der Waals surface area (Å²) in [5, 5.41) is 2.53. The number of amides is 4. The van der Waals surface area contributed by atoms with Gasteiger partial charge in [-0.3, -0.25) is 9.78 Å². The van der Waals surface area contributed by atoms with Crippen LogP contribution in [0.5, 0.6) is 0 Å². The maximum atomic E-state index is 12.8. The zero-order chi connectivity index (χ0) is 21.1. The Kier molecular flexibility index (Phi) is 5.95. The van der Waals surface area contributed by atoms with E-state index in [0.717, 1.165) is 11.0 Å². The molecule has 4 amide bonds. The lowest BCUT2D eigenvalue weighted by Crippen LogP contribution is -2.51. The van der Waals surface area contributed by atoms with E-state index in [4.69, 9.17) is 10.5 Å². The van der Waals surface area contributed by atoms with E-state index in [2.05, 4.69) is 10.3 Å². The summed E-state index contributed by atoms with van der Waals surface area (Å²) >= 11 is 0. The number of carbonyl (C=O) groups excluding carboxylic acids is 3. The summed E-state index contributed by atoms with van der Waals surface area (Å²) in [6.45, 7) is 2.09. The van der Waals surface area contributed by atoms with Crippen molar-refractivity contribution in [3.8, 4) is 0 Å². The Hall–Kier alpha value is -3.24. The predicted octanol–water partition coefficient (Wildman–Crippen LogP) is 2.23. The van der Waals surface area contributed by atoms with Gasteiger partial charge in [-0.05, 0) is 25.5 Å². The average Bonchev–Trinajstić information content (AvgIpc) is 2.68. The van der Waals surface area contributed by atoms with Gasteiger partial charge in [0.05, 0.1) is 18.7 Å². The van der Waals surface area contributed by atoms with Crippen molar-refractivity contribution < 1.29 is 27.9 Å². The molecule has 1 aromatic rings. The Bertz CT molecular complexity index is 860. The minimum Gasteiger partial charge on any atom is -0.449 e. The molecule has 0 aromatic carbocycles. The van der Waals surface area contributed by atoms with E-state index in [9.17, 15) is 23.2 Å². The highest BCUT2D eigenvalue weighted by atomic mass is 19.3. The van der Waals surface area contributed by atoms with Crippen LogP contribution in [0.15, 0.2) is 29.6 Å². The molecule has 2 aliphatic heterocycles. The zero-order valence-corrected chi connectivity index (χ0v) is 15.7. The maximum Gasteiger partial charge on any atom is 0.416 e. The number of nitrogens with one attached hydrogen (secondary N) is 1. The number of alkyl halides is 2. The second kappa shape index (κ2) is 8.41. The Morgan fingerprint density at radius 2 is 2.17 bits per heavy atom. The molecule has 3 rings (SSSR count). The van der Waals surface area contributed by atoms with Gasteiger partial charge in [-0.25, -0.2) is 23.3 Å². The fourth-order valence-corrected chi connectivity index (χ4v) is 3.20. The van der Waals surface area contributed by atoms with E-state index < -0.39 is 30.2 Å². The number of urea groups is 1. The molecule has 3 N–H and O–H groups in total. The van der Waals surface area contributed by atoms with Gasteiger partial charge in [-0.2, -0.15) is 0 Å². The standard InChI is InChI=1S/C18H21F2N5O4/c1-10-7-13(21)12(16(26)24-5-2-6-29-18(24)28)9-25(10)17(27)23-11-3-4-22-14(8-11)15(19)20/h3-4,8,10,15H,2,5-7,9,21H2,1H3,(H,22,23,27)/t10-/m0/s1. The van der Waals surface area contributed by atoms with Crippen LogP contribution in [0.25, 0.3) is 0 Å². The number of ether oxygens (including phenoxy) is 1. The molecule has 2 aliphatic rings. The van der Waals surface area contributed by atoms with Crippen molar-refractivity contribution in [3.05, 3.63) is 35.3 Å². The molecule has 29 heavy (non-hydrogen) atoms. The van der Waals surface area contributed by atoms with Crippen LogP contribution in [-0.4, -0.2) is 58.6 Å². The van der Waals surface area contributed by atoms with Crippen molar-refractivity contribution in [1.82, 2.24) is 14.8 Å². The number of hydrogen-bond acceptors (Lipinski definition) is 6. The lowest BCUT2D eigenvalue weighted by atomic mass is 9.99. The average molecular weight is 409 g/mol. The highest BCUT2D eigenvalue weighted by Crippen LogP contribution is 2.25. The van der Waals surface area contributed by atoms with Crippen LogP contribution in [0.2, 0.25) is 0 Å². The number of anilines is 1. The first-order chi connectivity index (χ1) is 13.8. The number of imide groups is 1. The summed E-state index contributed by atoms with van der Waals surface area (Å²) in [6, 6.07) is 1.55. The number of nitrogens with zero attached hydrogens (tertiary/aromatic N) is 3. The first-order valence-electron chi connectivity index (χ1n) is 9.05. The number of aromatic nitrogens is 1. The van der Waals surface area contributed by atoms with E-state index in [-0.39, 0.29) is 43.4 Å². The fraction of sp³-hybridized carbons (Fsp3) is 0.444. The Labute approximate surface area is 165 Å². The maximum absolute atomic E-state index is 12.8. The third-order valence-electron chi connectivity index (χ3n) is 4.76. The van der Waals surface area contributed by atoms with Gasteiger partial charge in [0.1, 0.15) is 5.69 Å². The topological polar surface area (TPSA) is 118 Å². The van der Waals surface area contributed by atoms with Gasteiger partial charge < -0.3 is 20.7 Å². The van der Waals surface area contributed by atoms with Crippen LogP contribution < -0.4 is 11.1 Å². The van der Waals surface area contributed by atoms with E-state index in [1.54, 1.807) is 6.92 Å². The number of halogens is 2. The number of nitrogens with two attached hydrogens (primary N) is 1. The molecule has 156 valence electrons. The number of pyridine rings is 1. The minimum atomic E-state index is -2.77. The third kappa shape index (κ3) is 4.44. The summed E-state index contributed by atoms with van der Waals surface area (Å²) < 4.78 is 30.5. The van der Waals surface area contributed by atoms with Gasteiger partial charge in [-0.15, -0.1) is 0 Å². The molecule has 1 aromatic heterocycles. The number of carbonyl (C=O) groups is 3. The van der Waals surface area contributed by atoms with Crippen molar-refractivity contribution in [2.45, 2.75) is 32.2 Å². The molecule has 0 saturated carbocycles. The molecule has 0 bridgehead atoms. The second-order valence-electron chi connectivity index (χ2n) is 6.81. The van der Waals surface area contributed by atoms with Crippen LogP contribution in [0.1, 0.15) is 31.9 Å². The molecular formula is C18H21F2N5O4. The third-order valence-corrected chi connectivity index (χ3v) is 4.76. The van der Waals surface area contributed by atoms with E-state index >= 15 is 0 Å². The van der Waals surface area contributed by atoms with Crippen LogP contribution in [-0.2, 0) is 9.53 Å². The van der Waals surface area contributed by atoms with Crippen molar-refractivity contribution in [2.75, 3.05) is 25.0 Å². The van der Waals surface area contributed by atoms with Crippen molar-refractivity contribution in [3.63, 3.8) is 0 Å². The van der Waals surface area contributed by atoms with Crippen LogP contribution in [0.3, 0.4) is 0 Å². The van der Waals surface area contributed by atoms with Crippen LogP contribution in [0.4, 0.5) is 24.1 Å². The number of cyclic esters (lactones) is 1. The summed E-state index contributed by atoms with van der Waals surface area (Å²) in [5.41, 5.74) is 6.15. The summed E-state index contributed by atoms with van der Waals surface area (Å²) in [4.78, 5) is 43.2. The molecule has 3 heterocycles. The van der Waals surface area contributed by atoms with Gasteiger partial charge in [0.15, 0.2) is 0 Å². The molecule has 0 aliphatic carbocycles. The SMILES string of the molecule is C[C@H]1CC(N)=C(C(=O)N2CCCOC2=O)CN1C(=O)Nc1ccnc(C(F)F)c1. The highest BCUT2D eigenvalue weighted by Gasteiger charge is 2.35. The van der Waals surface area contributed by atoms with Gasteiger partial charge >= 0.3 is 12.1 Å². The number of rotatable bonds is 3. The second-order valence-corrected chi connectivity index (χ2v) is 6.81. The normalized spacial score (nSPS) is 20.0. The molecule has 1 atom stereocenters. The smallest absolute Gasteiger partial charge is 0.416 e. The van der Waals surface area contributed by atoms with Crippen LogP contribution in [0, 0.1) is 0 Å². The number of hydrogen-bond donors (Lipinski definition) is 2. The van der Waals surface area contributed by atoms with Gasteiger partial charge in [0, 0.05) is 36.6 Å². The fourth-order valence-electron chi connectivity index (χ4n) is 3.20. The lowest BCUT2D eigenvalue weighted by Gasteiger charge is -2.36. The van der Waals surface area contributed by atoms with Gasteiger partial charge in [-0.1, -0.05) is 0 Å². The first-order valence-corrected chi connectivity index (χ1v) is 9.05. The molecule has 1 saturated heterocycles. The molecule has 9 nitrogen and oxygen atoms in total. The zero-order valence-electron chi connectivity index (χ0n) is 15.7. The highest BCUT2D eigenvalue weighted by molar-refractivity contribution is 6.04. The van der Waals surface area contributed by atoms with Crippen molar-refractivity contribution in [1.29, 1.82) is 0 Å². The molecular weight excluding hydrogens is 388 g/mol. The summed E-state index contributed by atoms with van der Waals surface area (Å²) in [5.74, 6) is -0.596. The molecule has 0 spiro atoms. The van der Waals surface area contributed by atoms with Crippen molar-refractivity contribution >= 4 is 23.7 Å². The first kappa shape index (κ1) is 20.5. The molecule has 0 radical (unpaired) electrons. The Balaban J connectivity index is 1.75. The van der Waals surface area contributed by atoms with Gasteiger partial charge in [0.25, 0.3) is 12.3 Å². The Morgan fingerprint density at radius 3 is 2.86 bits per heavy atom. The van der Waals surface area contributed by atoms with E-state index in [0.29, 0.717) is 12.1 Å². The quantitative estimate of drug-likeness (QED) is 0.790. The van der Waals surface area contributed by atoms with E-state index in [1.165, 1.54) is 17.2 Å². The van der Waals surface area contributed by atoms with Crippen molar-refractivity contribution in [2.24, 2.45) is 5.73 Å². The monoisotopic (exact) mass is 409 g/mol. The Morgan fingerprint density at radius 1 is 1.41 bits per heavy atom. The predicted molar refractivity (Wildman–Crippen MR) is 97.9 cm³/mol. The van der Waals surface area contributed by atoms with E-state index in [1.807, 2.05) is 0 Å². The minimum absolute atomic E-state index is 0.117. The summed E-state index contributed by atoms with van der Waals surface area (Å²) in [6.07, 6.45) is -1.59.